The Morgan fingerprint density at radius 2 is 1.11 bits per heavy atom. The number of aliphatic hydroxyl groups excluding tert-OH is 1. The van der Waals surface area contributed by atoms with Crippen LogP contribution in [-0.4, -0.2) is 47.1 Å². The molecule has 0 saturated carbocycles. The van der Waals surface area contributed by atoms with Gasteiger partial charge in [0.25, 0.3) is 0 Å². The van der Waals surface area contributed by atoms with Crippen LogP contribution in [0.25, 0.3) is 0 Å². The molecule has 3 atom stereocenters. The molecule has 0 heterocycles. The largest absolute Gasteiger partial charge is 0.388 e. The van der Waals surface area contributed by atoms with Crippen molar-refractivity contribution in [1.29, 1.82) is 0 Å². The molecule has 0 aliphatic carbocycles. The molecule has 0 unspecified atom stereocenters. The monoisotopic (exact) mass is 512 g/mol. The fourth-order valence-corrected chi connectivity index (χ4v) is 5.29. The summed E-state index contributed by atoms with van der Waals surface area (Å²) in [7, 11) is 0. The van der Waals surface area contributed by atoms with Gasteiger partial charge in [0, 0.05) is 0 Å². The summed E-state index contributed by atoms with van der Waals surface area (Å²) in [5.41, 5.74) is 3.23. The Morgan fingerprint density at radius 1 is 0.657 bits per heavy atom. The van der Waals surface area contributed by atoms with Crippen LogP contribution in [0, 0.1) is 0 Å². The van der Waals surface area contributed by atoms with Gasteiger partial charge in [-0.25, -0.2) is 0 Å². The van der Waals surface area contributed by atoms with Gasteiger partial charge in [0.15, 0.2) is 0 Å². The van der Waals surface area contributed by atoms with E-state index in [-0.39, 0.29) is 12.7 Å². The third kappa shape index (κ3) is 10.00. The predicted molar refractivity (Wildman–Crippen MR) is 148 cm³/mol. The zero-order chi connectivity index (χ0) is 24.7. The van der Waals surface area contributed by atoms with Crippen molar-refractivity contribution in [2.45, 2.75) is 49.1 Å². The molecule has 0 aromatic heterocycles. The van der Waals surface area contributed by atoms with Gasteiger partial charge in [0.1, 0.15) is 12.2 Å². The first-order valence-electron chi connectivity index (χ1n) is 11.9. The summed E-state index contributed by atoms with van der Waals surface area (Å²) < 4.78 is 19.0. The van der Waals surface area contributed by atoms with E-state index in [9.17, 15) is 5.11 Å². The van der Waals surface area contributed by atoms with Crippen molar-refractivity contribution in [2.24, 2.45) is 0 Å². The quantitative estimate of drug-likeness (QED) is 0.231. The Kier molecular flexibility index (Phi) is 12.7. The molecule has 6 heteroatoms. The molecule has 0 saturated heterocycles. The third-order valence-corrected chi connectivity index (χ3v) is 8.28. The number of rotatable bonds is 16. The van der Waals surface area contributed by atoms with Crippen molar-refractivity contribution < 1.29 is 19.3 Å². The van der Waals surface area contributed by atoms with Gasteiger partial charge in [-0.3, -0.25) is 0 Å². The van der Waals surface area contributed by atoms with Gasteiger partial charge in [-0.05, 0) is 35.6 Å². The zero-order valence-electron chi connectivity index (χ0n) is 20.5. The number of ether oxygens (including phenoxy) is 3. The second kappa shape index (κ2) is 16.0. The number of hydrogen-bond acceptors (Lipinski definition) is 6. The van der Waals surface area contributed by atoms with Crippen molar-refractivity contribution in [3.05, 3.63) is 108 Å². The number of hydrogen-bond donors (Lipinski definition) is 1. The highest BCUT2D eigenvalue weighted by atomic mass is 32.2. The summed E-state index contributed by atoms with van der Waals surface area (Å²) in [5.74, 6) is 0. The SMILES string of the molecule is CSC(C[C@@H](OCc1ccccc1)[C@H](OCc1ccccc1)[C@H](O)COCc1ccccc1)SC. The molecule has 0 aliphatic rings. The van der Waals surface area contributed by atoms with Crippen molar-refractivity contribution in [3.8, 4) is 0 Å². The van der Waals surface area contributed by atoms with Crippen LogP contribution >= 0.6 is 23.5 Å². The van der Waals surface area contributed by atoms with E-state index >= 15 is 0 Å². The molecule has 0 spiro atoms. The van der Waals surface area contributed by atoms with Crippen LogP contribution in [0.2, 0.25) is 0 Å². The Morgan fingerprint density at radius 3 is 1.60 bits per heavy atom. The molecule has 3 aromatic rings. The lowest BCUT2D eigenvalue weighted by Gasteiger charge is -2.33. The van der Waals surface area contributed by atoms with Gasteiger partial charge in [0.05, 0.1) is 37.1 Å². The normalized spacial score (nSPS) is 14.1. The Labute approximate surface area is 218 Å². The minimum atomic E-state index is -0.826. The standard InChI is InChI=1S/C29H36O4S2/c1-34-28(35-2)18-27(32-20-24-14-8-4-9-15-24)29(33-21-25-16-10-5-11-17-25)26(30)22-31-19-23-12-6-3-7-13-23/h3-17,26-30H,18-22H2,1-2H3/t26-,27-,29-/m1/s1. The molecule has 4 nitrogen and oxygen atoms in total. The first kappa shape index (κ1) is 27.8. The average Bonchev–Trinajstić information content (AvgIpc) is 2.91. The van der Waals surface area contributed by atoms with Gasteiger partial charge in [-0.15, -0.1) is 0 Å². The zero-order valence-corrected chi connectivity index (χ0v) is 22.1. The third-order valence-electron chi connectivity index (χ3n) is 5.69. The average molecular weight is 513 g/mol. The molecule has 0 aliphatic heterocycles. The summed E-state index contributed by atoms with van der Waals surface area (Å²) in [4.78, 5) is 0. The fourth-order valence-electron chi connectivity index (χ4n) is 3.75. The smallest absolute Gasteiger partial charge is 0.112 e. The van der Waals surface area contributed by atoms with Gasteiger partial charge in [-0.1, -0.05) is 91.0 Å². The first-order valence-corrected chi connectivity index (χ1v) is 14.4. The molecule has 0 bridgehead atoms. The van der Waals surface area contributed by atoms with E-state index in [1.165, 1.54) is 0 Å². The number of aliphatic hydroxyl groups is 1. The topological polar surface area (TPSA) is 47.9 Å². The van der Waals surface area contributed by atoms with Gasteiger partial charge < -0.3 is 19.3 Å². The second-order valence-corrected chi connectivity index (χ2v) is 10.7. The molecule has 0 amide bonds. The highest BCUT2D eigenvalue weighted by molar-refractivity contribution is 8.16. The van der Waals surface area contributed by atoms with Crippen LogP contribution in [0.3, 0.4) is 0 Å². The van der Waals surface area contributed by atoms with E-state index in [0.29, 0.717) is 24.4 Å². The summed E-state index contributed by atoms with van der Waals surface area (Å²) in [6.07, 6.45) is 3.32. The first-order chi connectivity index (χ1) is 17.2. The maximum Gasteiger partial charge on any atom is 0.112 e. The molecular weight excluding hydrogens is 476 g/mol. The van der Waals surface area contributed by atoms with E-state index in [2.05, 4.69) is 24.6 Å². The van der Waals surface area contributed by atoms with Gasteiger partial charge >= 0.3 is 0 Å². The summed E-state index contributed by atoms with van der Waals surface area (Å²) in [5, 5.41) is 11.2. The lowest BCUT2D eigenvalue weighted by molar-refractivity contribution is -0.148. The molecule has 188 valence electrons. The summed E-state index contributed by atoms with van der Waals surface area (Å²) >= 11 is 3.59. The molecule has 0 fully saturated rings. The lowest BCUT2D eigenvalue weighted by Crippen LogP contribution is -2.44. The van der Waals surface area contributed by atoms with Crippen LogP contribution in [0.4, 0.5) is 0 Å². The van der Waals surface area contributed by atoms with Gasteiger partial charge in [0.2, 0.25) is 0 Å². The maximum absolute atomic E-state index is 11.2. The number of benzene rings is 3. The van der Waals surface area contributed by atoms with Crippen molar-refractivity contribution in [3.63, 3.8) is 0 Å². The molecular formula is C29H36O4S2. The van der Waals surface area contributed by atoms with E-state index in [1.807, 2.05) is 78.9 Å². The van der Waals surface area contributed by atoms with Gasteiger partial charge in [-0.2, -0.15) is 23.5 Å². The lowest BCUT2D eigenvalue weighted by atomic mass is 10.1. The highest BCUT2D eigenvalue weighted by Gasteiger charge is 2.32. The van der Waals surface area contributed by atoms with E-state index < -0.39 is 12.2 Å². The summed E-state index contributed by atoms with van der Waals surface area (Å²) in [6.45, 7) is 1.47. The van der Waals surface area contributed by atoms with Crippen molar-refractivity contribution >= 4 is 23.5 Å². The minimum absolute atomic E-state index is 0.169. The molecule has 35 heavy (non-hydrogen) atoms. The molecule has 1 N–H and O–H groups in total. The van der Waals surface area contributed by atoms with Crippen LogP contribution < -0.4 is 0 Å². The molecule has 3 rings (SSSR count). The fraction of sp³-hybridized carbons (Fsp3) is 0.379. The van der Waals surface area contributed by atoms with E-state index in [1.54, 1.807) is 23.5 Å². The second-order valence-electron chi connectivity index (χ2n) is 8.30. The summed E-state index contributed by atoms with van der Waals surface area (Å²) in [6, 6.07) is 30.1. The van der Waals surface area contributed by atoms with E-state index in [0.717, 1.165) is 23.1 Å². The molecule has 3 aromatic carbocycles. The Balaban J connectivity index is 1.72. The predicted octanol–water partition coefficient (Wildman–Crippen LogP) is 6.18. The Hall–Kier alpha value is -1.80. The van der Waals surface area contributed by atoms with Crippen molar-refractivity contribution in [1.82, 2.24) is 0 Å². The minimum Gasteiger partial charge on any atom is -0.388 e. The maximum atomic E-state index is 11.2. The van der Waals surface area contributed by atoms with E-state index in [4.69, 9.17) is 14.2 Å². The van der Waals surface area contributed by atoms with Crippen molar-refractivity contribution in [2.75, 3.05) is 19.1 Å². The highest BCUT2D eigenvalue weighted by Crippen LogP contribution is 2.28. The van der Waals surface area contributed by atoms with Crippen LogP contribution in [0.5, 0.6) is 0 Å². The Bertz CT molecular complexity index is 923. The van der Waals surface area contributed by atoms with Crippen LogP contribution in [0.15, 0.2) is 91.0 Å². The van der Waals surface area contributed by atoms with Crippen LogP contribution in [-0.2, 0) is 34.0 Å². The number of thioether (sulfide) groups is 2. The molecule has 0 radical (unpaired) electrons. The van der Waals surface area contributed by atoms with Crippen LogP contribution in [0.1, 0.15) is 23.1 Å².